The number of halogens is 2. The number of alkyl halides is 2. The first-order valence-electron chi connectivity index (χ1n) is 6.94. The van der Waals surface area contributed by atoms with Crippen molar-refractivity contribution >= 4 is 5.97 Å². The molecule has 1 N–H and O–H groups in total. The van der Waals surface area contributed by atoms with E-state index in [2.05, 4.69) is 6.92 Å². The molecule has 2 aliphatic rings. The van der Waals surface area contributed by atoms with Crippen molar-refractivity contribution in [3.05, 3.63) is 0 Å². The van der Waals surface area contributed by atoms with Crippen LogP contribution in [-0.4, -0.2) is 17.0 Å². The van der Waals surface area contributed by atoms with Crippen LogP contribution in [0.3, 0.4) is 0 Å². The van der Waals surface area contributed by atoms with E-state index in [9.17, 15) is 18.7 Å². The molecule has 104 valence electrons. The van der Waals surface area contributed by atoms with Gasteiger partial charge in [-0.2, -0.15) is 0 Å². The van der Waals surface area contributed by atoms with Crippen LogP contribution >= 0.6 is 0 Å². The van der Waals surface area contributed by atoms with E-state index in [0.717, 1.165) is 12.8 Å². The van der Waals surface area contributed by atoms with Gasteiger partial charge in [0, 0.05) is 12.8 Å². The van der Waals surface area contributed by atoms with Crippen LogP contribution in [0.4, 0.5) is 8.78 Å². The quantitative estimate of drug-likeness (QED) is 0.829. The van der Waals surface area contributed by atoms with Gasteiger partial charge in [0.15, 0.2) is 0 Å². The number of carboxylic acid groups (broad SMARTS) is 1. The SMILES string of the molecule is CC1CCC(CC2CCC(F)(F)C2)(C(=O)O)CC1. The fourth-order valence-electron chi connectivity index (χ4n) is 3.59. The lowest BCUT2D eigenvalue weighted by Gasteiger charge is -2.37. The number of carboxylic acids is 1. The fraction of sp³-hybridized carbons (Fsp3) is 0.929. The molecule has 2 nitrogen and oxygen atoms in total. The standard InChI is InChI=1S/C14H22F2O2/c1-10-2-5-13(6-3-10,12(17)18)8-11-4-7-14(15,16)9-11/h10-11H,2-9H2,1H3,(H,17,18). The molecule has 0 aromatic rings. The molecule has 2 aliphatic carbocycles. The normalized spacial score (nSPS) is 39.7. The van der Waals surface area contributed by atoms with Crippen LogP contribution in [0.2, 0.25) is 0 Å². The third-order valence-corrected chi connectivity index (χ3v) is 4.87. The fourth-order valence-corrected chi connectivity index (χ4v) is 3.59. The Bertz CT molecular complexity index is 320. The van der Waals surface area contributed by atoms with Gasteiger partial charge in [-0.3, -0.25) is 4.79 Å². The predicted octanol–water partition coefficient (Wildman–Crippen LogP) is 4.09. The average molecular weight is 260 g/mol. The lowest BCUT2D eigenvalue weighted by molar-refractivity contribution is -0.153. The maximum atomic E-state index is 13.2. The van der Waals surface area contributed by atoms with Crippen molar-refractivity contribution in [2.75, 3.05) is 0 Å². The van der Waals surface area contributed by atoms with E-state index < -0.39 is 17.3 Å². The summed E-state index contributed by atoms with van der Waals surface area (Å²) >= 11 is 0. The molecule has 1 unspecified atom stereocenters. The highest BCUT2D eigenvalue weighted by Crippen LogP contribution is 2.49. The van der Waals surface area contributed by atoms with Crippen LogP contribution in [0.25, 0.3) is 0 Å². The van der Waals surface area contributed by atoms with E-state index in [0.29, 0.717) is 31.6 Å². The van der Waals surface area contributed by atoms with Crippen molar-refractivity contribution in [2.24, 2.45) is 17.3 Å². The van der Waals surface area contributed by atoms with E-state index in [1.165, 1.54) is 0 Å². The zero-order valence-electron chi connectivity index (χ0n) is 10.9. The molecular formula is C14H22F2O2. The van der Waals surface area contributed by atoms with Gasteiger partial charge in [0.05, 0.1) is 5.41 Å². The van der Waals surface area contributed by atoms with Crippen molar-refractivity contribution in [3.63, 3.8) is 0 Å². The van der Waals surface area contributed by atoms with Crippen molar-refractivity contribution in [1.82, 2.24) is 0 Å². The third-order valence-electron chi connectivity index (χ3n) is 4.87. The zero-order chi connectivity index (χ0) is 13.4. The number of rotatable bonds is 3. The molecule has 0 radical (unpaired) electrons. The maximum absolute atomic E-state index is 13.2. The summed E-state index contributed by atoms with van der Waals surface area (Å²) in [6.45, 7) is 2.13. The number of hydrogen-bond acceptors (Lipinski definition) is 1. The van der Waals surface area contributed by atoms with Gasteiger partial charge >= 0.3 is 5.97 Å². The molecule has 2 rings (SSSR count). The largest absolute Gasteiger partial charge is 0.481 e. The molecule has 2 fully saturated rings. The Balaban J connectivity index is 2.01. The second-order valence-electron chi connectivity index (χ2n) is 6.44. The lowest BCUT2D eigenvalue weighted by Crippen LogP contribution is -2.36. The zero-order valence-corrected chi connectivity index (χ0v) is 10.9. The highest BCUT2D eigenvalue weighted by atomic mass is 19.3. The van der Waals surface area contributed by atoms with Gasteiger partial charge in [0.1, 0.15) is 0 Å². The molecule has 0 amide bonds. The Morgan fingerprint density at radius 3 is 2.28 bits per heavy atom. The van der Waals surface area contributed by atoms with Gasteiger partial charge in [-0.15, -0.1) is 0 Å². The van der Waals surface area contributed by atoms with Gasteiger partial charge in [0.2, 0.25) is 5.92 Å². The Labute approximate surface area is 107 Å². The summed E-state index contributed by atoms with van der Waals surface area (Å²) in [5.41, 5.74) is -0.725. The topological polar surface area (TPSA) is 37.3 Å². The van der Waals surface area contributed by atoms with Crippen molar-refractivity contribution in [2.45, 2.75) is 64.2 Å². The van der Waals surface area contributed by atoms with E-state index in [1.54, 1.807) is 0 Å². The molecule has 4 heteroatoms. The molecule has 0 spiro atoms. The molecule has 0 aromatic heterocycles. The van der Waals surface area contributed by atoms with Crippen LogP contribution < -0.4 is 0 Å². The van der Waals surface area contributed by atoms with Crippen molar-refractivity contribution in [1.29, 1.82) is 0 Å². The molecule has 0 aromatic carbocycles. The van der Waals surface area contributed by atoms with Gasteiger partial charge in [-0.05, 0) is 50.4 Å². The number of aliphatic carboxylic acids is 1. The summed E-state index contributed by atoms with van der Waals surface area (Å²) in [5.74, 6) is -2.87. The smallest absolute Gasteiger partial charge is 0.309 e. The third kappa shape index (κ3) is 2.83. The number of hydrogen-bond donors (Lipinski definition) is 1. The molecular weight excluding hydrogens is 238 g/mol. The second kappa shape index (κ2) is 4.78. The second-order valence-corrected chi connectivity index (χ2v) is 6.44. The minimum atomic E-state index is -2.56. The van der Waals surface area contributed by atoms with Crippen LogP contribution in [0, 0.1) is 17.3 Å². The summed E-state index contributed by atoms with van der Waals surface area (Å²) in [6, 6.07) is 0. The van der Waals surface area contributed by atoms with Crippen LogP contribution in [0.5, 0.6) is 0 Å². The molecule has 0 aliphatic heterocycles. The monoisotopic (exact) mass is 260 g/mol. The predicted molar refractivity (Wildman–Crippen MR) is 64.6 cm³/mol. The summed E-state index contributed by atoms with van der Waals surface area (Å²) in [7, 11) is 0. The van der Waals surface area contributed by atoms with Gasteiger partial charge in [-0.1, -0.05) is 6.92 Å². The minimum Gasteiger partial charge on any atom is -0.481 e. The first kappa shape index (κ1) is 13.8. The average Bonchev–Trinajstić information content (AvgIpc) is 2.61. The highest BCUT2D eigenvalue weighted by Gasteiger charge is 2.47. The summed E-state index contributed by atoms with van der Waals surface area (Å²) in [6.07, 6.45) is 3.89. The Hall–Kier alpha value is -0.670. The molecule has 1 atom stereocenters. The summed E-state index contributed by atoms with van der Waals surface area (Å²) in [5, 5.41) is 9.48. The van der Waals surface area contributed by atoms with Crippen LogP contribution in [0.1, 0.15) is 58.3 Å². The van der Waals surface area contributed by atoms with Gasteiger partial charge in [0.25, 0.3) is 0 Å². The van der Waals surface area contributed by atoms with Crippen LogP contribution in [-0.2, 0) is 4.79 Å². The Morgan fingerprint density at radius 1 is 1.22 bits per heavy atom. The van der Waals surface area contributed by atoms with Gasteiger partial charge < -0.3 is 5.11 Å². The van der Waals surface area contributed by atoms with Crippen LogP contribution in [0.15, 0.2) is 0 Å². The molecule has 2 saturated carbocycles. The maximum Gasteiger partial charge on any atom is 0.309 e. The first-order chi connectivity index (χ1) is 8.33. The first-order valence-corrected chi connectivity index (χ1v) is 6.94. The molecule has 0 saturated heterocycles. The Kier molecular flexibility index (Phi) is 3.65. The summed E-state index contributed by atoms with van der Waals surface area (Å²) in [4.78, 5) is 11.5. The highest BCUT2D eigenvalue weighted by molar-refractivity contribution is 5.74. The van der Waals surface area contributed by atoms with Gasteiger partial charge in [-0.25, -0.2) is 8.78 Å². The van der Waals surface area contributed by atoms with E-state index >= 15 is 0 Å². The van der Waals surface area contributed by atoms with E-state index in [-0.39, 0.29) is 18.8 Å². The minimum absolute atomic E-state index is 0.0657. The van der Waals surface area contributed by atoms with E-state index in [4.69, 9.17) is 0 Å². The van der Waals surface area contributed by atoms with E-state index in [1.807, 2.05) is 0 Å². The summed E-state index contributed by atoms with van der Waals surface area (Å²) < 4.78 is 26.4. The number of carbonyl (C=O) groups is 1. The molecule has 18 heavy (non-hydrogen) atoms. The Morgan fingerprint density at radius 2 is 1.83 bits per heavy atom. The van der Waals surface area contributed by atoms with Crippen molar-refractivity contribution < 1.29 is 18.7 Å². The molecule has 0 bridgehead atoms. The molecule has 0 heterocycles. The lowest BCUT2D eigenvalue weighted by atomic mass is 9.66. The van der Waals surface area contributed by atoms with Crippen molar-refractivity contribution in [3.8, 4) is 0 Å².